The van der Waals surface area contributed by atoms with Crippen molar-refractivity contribution in [1.29, 1.82) is 0 Å². The topological polar surface area (TPSA) is 228 Å². The second-order valence-corrected chi connectivity index (χ2v) is 23.6. The summed E-state index contributed by atoms with van der Waals surface area (Å²) in [5.74, 6) is -0.243. The number of unbranched alkanes of at least 4 members (excludes halogenated alkanes) is 33. The fraction of sp³-hybridized carbons (Fsp3) is 0.838. The highest BCUT2D eigenvalue weighted by Crippen LogP contribution is 2.30. The van der Waals surface area contributed by atoms with Crippen LogP contribution in [0, 0.1) is 0 Å². The standard InChI is InChI=1S/C68H123NO13/c1-3-5-7-9-11-13-15-17-19-21-23-25-27-28-30-31-33-35-37-39-41-43-45-47-49-51-57(72)56(55-79-67-65(78)63(76)66(59(54-71)81-67)82-68-64(77)62(75)61(74)58(53-70)80-68)69-60(73)52-50-48-46-44-42-40-38-36-34-32-29-26-24-22-20-18-16-14-12-10-8-6-4-2/h6,8,12,14,18,20,24,26,49,51,56-59,61-68,70-72,74-78H,3-5,7,9-11,13,15-17,19,21-23,25,27-48,50,52-55H2,1-2H3,(H,69,73)/b8-6-,14-12-,20-18-,26-24-,51-49+. The molecular weight excluding hydrogens is 1040 g/mol. The second-order valence-electron chi connectivity index (χ2n) is 23.6. The molecule has 12 unspecified atom stereocenters. The minimum Gasteiger partial charge on any atom is -0.394 e. The van der Waals surface area contributed by atoms with Gasteiger partial charge in [-0.2, -0.15) is 0 Å². The Morgan fingerprint density at radius 1 is 0.451 bits per heavy atom. The highest BCUT2D eigenvalue weighted by atomic mass is 16.7. The average molecular weight is 1160 g/mol. The molecule has 0 saturated carbocycles. The molecule has 14 nitrogen and oxygen atoms in total. The molecule has 12 atom stereocenters. The largest absolute Gasteiger partial charge is 0.394 e. The zero-order chi connectivity index (χ0) is 59.5. The van der Waals surface area contributed by atoms with Gasteiger partial charge in [-0.05, 0) is 57.8 Å². The molecule has 0 spiro atoms. The summed E-state index contributed by atoms with van der Waals surface area (Å²) in [5.41, 5.74) is 0. The Morgan fingerprint density at radius 2 is 0.841 bits per heavy atom. The number of carbonyl (C=O) groups is 1. The predicted octanol–water partition coefficient (Wildman–Crippen LogP) is 12.9. The molecule has 82 heavy (non-hydrogen) atoms. The maximum absolute atomic E-state index is 13.3. The highest BCUT2D eigenvalue weighted by molar-refractivity contribution is 5.76. The molecular formula is C68H123NO13. The quantitative estimate of drug-likeness (QED) is 0.0204. The molecule has 0 aromatic carbocycles. The summed E-state index contributed by atoms with van der Waals surface area (Å²) in [7, 11) is 0. The molecule has 2 rings (SSSR count). The zero-order valence-electron chi connectivity index (χ0n) is 51.7. The first kappa shape index (κ1) is 75.8. The highest BCUT2D eigenvalue weighted by Gasteiger charge is 2.51. The van der Waals surface area contributed by atoms with Crippen LogP contribution in [0.1, 0.15) is 271 Å². The van der Waals surface area contributed by atoms with Gasteiger partial charge in [-0.25, -0.2) is 0 Å². The maximum atomic E-state index is 13.3. The molecule has 2 heterocycles. The van der Waals surface area contributed by atoms with Crippen LogP contribution < -0.4 is 5.32 Å². The molecule has 14 heteroatoms. The molecule has 0 bridgehead atoms. The summed E-state index contributed by atoms with van der Waals surface area (Å²) in [6, 6.07) is -0.921. The number of ether oxygens (including phenoxy) is 4. The molecule has 2 fully saturated rings. The van der Waals surface area contributed by atoms with E-state index in [0.717, 1.165) is 70.6 Å². The molecule has 2 aliphatic rings. The predicted molar refractivity (Wildman–Crippen MR) is 332 cm³/mol. The molecule has 1 amide bonds. The van der Waals surface area contributed by atoms with Gasteiger partial charge in [-0.1, -0.05) is 267 Å². The molecule has 478 valence electrons. The van der Waals surface area contributed by atoms with Crippen LogP contribution in [0.15, 0.2) is 60.8 Å². The lowest BCUT2D eigenvalue weighted by Gasteiger charge is -2.46. The van der Waals surface area contributed by atoms with E-state index in [2.05, 4.69) is 67.8 Å². The summed E-state index contributed by atoms with van der Waals surface area (Å²) >= 11 is 0. The smallest absolute Gasteiger partial charge is 0.220 e. The van der Waals surface area contributed by atoms with Crippen molar-refractivity contribution in [2.24, 2.45) is 0 Å². The lowest BCUT2D eigenvalue weighted by molar-refractivity contribution is -0.359. The zero-order valence-corrected chi connectivity index (χ0v) is 51.7. The van der Waals surface area contributed by atoms with E-state index >= 15 is 0 Å². The second kappa shape index (κ2) is 53.0. The number of carbonyl (C=O) groups excluding carboxylic acids is 1. The van der Waals surface area contributed by atoms with Crippen molar-refractivity contribution in [3.8, 4) is 0 Å². The van der Waals surface area contributed by atoms with Gasteiger partial charge in [0.2, 0.25) is 5.91 Å². The van der Waals surface area contributed by atoms with Crippen molar-refractivity contribution in [1.82, 2.24) is 5.32 Å². The number of hydrogen-bond acceptors (Lipinski definition) is 13. The van der Waals surface area contributed by atoms with Gasteiger partial charge in [0.15, 0.2) is 12.6 Å². The average Bonchev–Trinajstić information content (AvgIpc) is 3.53. The molecule has 0 aliphatic carbocycles. The Kier molecular flexibility index (Phi) is 49.0. The van der Waals surface area contributed by atoms with Gasteiger partial charge in [-0.15, -0.1) is 0 Å². The van der Waals surface area contributed by atoms with Crippen molar-refractivity contribution in [3.63, 3.8) is 0 Å². The van der Waals surface area contributed by atoms with Gasteiger partial charge in [0.25, 0.3) is 0 Å². The van der Waals surface area contributed by atoms with Gasteiger partial charge in [0.05, 0.1) is 32.0 Å². The first-order chi connectivity index (χ1) is 40.1. The number of hydrogen-bond donors (Lipinski definition) is 9. The van der Waals surface area contributed by atoms with Gasteiger partial charge < -0.3 is 65.1 Å². The van der Waals surface area contributed by atoms with Crippen molar-refractivity contribution in [3.05, 3.63) is 60.8 Å². The fourth-order valence-electron chi connectivity index (χ4n) is 10.9. The van der Waals surface area contributed by atoms with Crippen molar-refractivity contribution >= 4 is 5.91 Å². The number of allylic oxidation sites excluding steroid dienone is 9. The number of rotatable bonds is 54. The summed E-state index contributed by atoms with van der Waals surface area (Å²) < 4.78 is 22.8. The summed E-state index contributed by atoms with van der Waals surface area (Å²) in [5, 5.41) is 87.4. The monoisotopic (exact) mass is 1160 g/mol. The van der Waals surface area contributed by atoms with Crippen molar-refractivity contribution in [2.45, 2.75) is 344 Å². The van der Waals surface area contributed by atoms with E-state index in [0.29, 0.717) is 6.42 Å². The number of amides is 1. The number of nitrogens with one attached hydrogen (secondary N) is 1. The third kappa shape index (κ3) is 37.3. The summed E-state index contributed by atoms with van der Waals surface area (Å²) in [6.07, 6.45) is 52.6. The van der Waals surface area contributed by atoms with E-state index in [-0.39, 0.29) is 18.9 Å². The molecule has 2 aliphatic heterocycles. The Labute approximate surface area is 498 Å². The minimum absolute atomic E-state index is 0.243. The lowest BCUT2D eigenvalue weighted by atomic mass is 9.97. The maximum Gasteiger partial charge on any atom is 0.220 e. The Morgan fingerprint density at radius 3 is 1.29 bits per heavy atom. The third-order valence-electron chi connectivity index (χ3n) is 16.2. The van der Waals surface area contributed by atoms with Gasteiger partial charge in [0, 0.05) is 6.42 Å². The van der Waals surface area contributed by atoms with Crippen LogP contribution in [0.5, 0.6) is 0 Å². The minimum atomic E-state index is -1.79. The van der Waals surface area contributed by atoms with Crippen LogP contribution in [0.25, 0.3) is 0 Å². The lowest BCUT2D eigenvalue weighted by Crippen LogP contribution is -2.65. The van der Waals surface area contributed by atoms with Crippen LogP contribution >= 0.6 is 0 Å². The van der Waals surface area contributed by atoms with E-state index < -0.39 is 86.8 Å². The molecule has 0 radical (unpaired) electrons. The SMILES string of the molecule is CC/C=C\C/C=C\C/C=C\C/C=C\CCCCCCCCCCCCC(=O)NC(COC1OC(CO)C(OC2OC(CO)C(O)C(O)C2O)C(O)C1O)C(O)/C=C/CCCCCCCCCCCCCCCCCCCCCCCCC. The molecule has 0 aromatic heterocycles. The van der Waals surface area contributed by atoms with Crippen LogP contribution in [0.3, 0.4) is 0 Å². The van der Waals surface area contributed by atoms with Gasteiger partial charge in [-0.3, -0.25) is 4.79 Å². The summed E-state index contributed by atoms with van der Waals surface area (Å²) in [6.45, 7) is 2.71. The van der Waals surface area contributed by atoms with Crippen molar-refractivity contribution in [2.75, 3.05) is 19.8 Å². The van der Waals surface area contributed by atoms with E-state index in [1.807, 2.05) is 6.08 Å². The third-order valence-corrected chi connectivity index (χ3v) is 16.2. The summed E-state index contributed by atoms with van der Waals surface area (Å²) in [4.78, 5) is 13.3. The van der Waals surface area contributed by atoms with Crippen LogP contribution in [-0.4, -0.2) is 140 Å². The van der Waals surface area contributed by atoms with Gasteiger partial charge in [0.1, 0.15) is 48.8 Å². The van der Waals surface area contributed by atoms with E-state index in [1.165, 1.54) is 173 Å². The number of aliphatic hydroxyl groups is 8. The Balaban J connectivity index is 1.72. The van der Waals surface area contributed by atoms with E-state index in [4.69, 9.17) is 18.9 Å². The normalized spacial score (nSPS) is 24.3. The van der Waals surface area contributed by atoms with Crippen LogP contribution in [0.4, 0.5) is 0 Å². The van der Waals surface area contributed by atoms with Crippen LogP contribution in [0.2, 0.25) is 0 Å². The van der Waals surface area contributed by atoms with Gasteiger partial charge >= 0.3 is 0 Å². The fourth-order valence-corrected chi connectivity index (χ4v) is 10.9. The van der Waals surface area contributed by atoms with E-state index in [1.54, 1.807) is 6.08 Å². The Hall–Kier alpha value is -2.31. The van der Waals surface area contributed by atoms with Crippen LogP contribution in [-0.2, 0) is 23.7 Å². The Bertz CT molecular complexity index is 1610. The molecule has 0 aromatic rings. The van der Waals surface area contributed by atoms with Crippen molar-refractivity contribution < 1.29 is 64.6 Å². The first-order valence-electron chi connectivity index (χ1n) is 33.5. The molecule has 2 saturated heterocycles. The number of aliphatic hydroxyl groups excluding tert-OH is 8. The first-order valence-corrected chi connectivity index (χ1v) is 33.5. The van der Waals surface area contributed by atoms with E-state index in [9.17, 15) is 45.6 Å². The molecule has 9 N–H and O–H groups in total.